The van der Waals surface area contributed by atoms with Gasteiger partial charge in [-0.25, -0.2) is 0 Å². The molecule has 0 atom stereocenters. The molecule has 0 aromatic heterocycles. The molecule has 1 aromatic rings. The number of rotatable bonds is 4. The van der Waals surface area contributed by atoms with Gasteiger partial charge in [-0.2, -0.15) is 0 Å². The van der Waals surface area contributed by atoms with Gasteiger partial charge in [0.2, 0.25) is 8.32 Å². The maximum Gasteiger partial charge on any atom is 0.219 e. The van der Waals surface area contributed by atoms with Crippen LogP contribution in [0.4, 0.5) is 0 Å². The monoisotopic (exact) mass is 287 g/mol. The Balaban J connectivity index is 1.75. The van der Waals surface area contributed by atoms with Crippen LogP contribution in [-0.2, 0) is 4.43 Å². The van der Waals surface area contributed by atoms with Crippen molar-refractivity contribution in [1.82, 2.24) is 4.90 Å². The Hall–Kier alpha value is -1.08. The molecule has 3 heteroatoms. The average molecular weight is 287 g/mol. The number of likely N-dealkylation sites (tertiary alicyclic amines) is 1. The molecule has 0 amide bonds. The molecule has 1 aliphatic heterocycles. The fraction of sp³-hybridized carbons (Fsp3) is 0.529. The summed E-state index contributed by atoms with van der Waals surface area (Å²) < 4.78 is 6.05. The zero-order valence-electron chi connectivity index (χ0n) is 12.7. The van der Waals surface area contributed by atoms with Crippen molar-refractivity contribution < 1.29 is 4.43 Å². The summed E-state index contributed by atoms with van der Waals surface area (Å²) >= 11 is 0. The molecule has 1 fully saturated rings. The minimum atomic E-state index is -1.79. The largest absolute Gasteiger partial charge is 0.402 e. The van der Waals surface area contributed by atoms with Crippen molar-refractivity contribution in [1.29, 1.82) is 0 Å². The lowest BCUT2D eigenvalue weighted by atomic mass is 10.1. The zero-order valence-corrected chi connectivity index (χ0v) is 13.7. The van der Waals surface area contributed by atoms with Crippen LogP contribution < -0.4 is 5.19 Å². The van der Waals surface area contributed by atoms with Crippen LogP contribution in [0, 0.1) is 11.8 Å². The zero-order chi connectivity index (χ0) is 14.3. The highest BCUT2D eigenvalue weighted by Crippen LogP contribution is 2.07. The Labute approximate surface area is 124 Å². The van der Waals surface area contributed by atoms with Gasteiger partial charge in [0.15, 0.2) is 0 Å². The van der Waals surface area contributed by atoms with Gasteiger partial charge in [-0.3, -0.25) is 4.90 Å². The number of nitrogens with zero attached hydrogens (tertiary/aromatic N) is 1. The first-order valence-electron chi connectivity index (χ1n) is 7.56. The summed E-state index contributed by atoms with van der Waals surface area (Å²) in [6.07, 6.45) is 4.03. The number of hydrogen-bond acceptors (Lipinski definition) is 2. The van der Waals surface area contributed by atoms with Crippen LogP contribution in [0.2, 0.25) is 13.1 Å². The first-order chi connectivity index (χ1) is 9.68. The van der Waals surface area contributed by atoms with E-state index in [2.05, 4.69) is 54.1 Å². The van der Waals surface area contributed by atoms with Gasteiger partial charge >= 0.3 is 0 Å². The predicted octanol–water partition coefficient (Wildman–Crippen LogP) is 2.60. The van der Waals surface area contributed by atoms with E-state index in [0.717, 1.165) is 6.54 Å². The maximum atomic E-state index is 6.05. The molecule has 0 saturated carbocycles. The van der Waals surface area contributed by atoms with Crippen LogP contribution >= 0.6 is 0 Å². The molecule has 0 unspecified atom stereocenters. The van der Waals surface area contributed by atoms with Gasteiger partial charge in [-0.1, -0.05) is 48.6 Å². The fourth-order valence-electron chi connectivity index (χ4n) is 2.48. The van der Waals surface area contributed by atoms with Crippen molar-refractivity contribution in [2.75, 3.05) is 26.2 Å². The Bertz CT molecular complexity index is 455. The Kier molecular flexibility index (Phi) is 5.84. The average Bonchev–Trinajstić information content (AvgIpc) is 2.49. The molecule has 0 N–H and O–H groups in total. The van der Waals surface area contributed by atoms with E-state index in [-0.39, 0.29) is 0 Å². The van der Waals surface area contributed by atoms with Crippen LogP contribution in [0.15, 0.2) is 30.3 Å². The van der Waals surface area contributed by atoms with Crippen LogP contribution in [0.3, 0.4) is 0 Å². The van der Waals surface area contributed by atoms with Gasteiger partial charge in [-0.15, -0.1) is 0 Å². The van der Waals surface area contributed by atoms with Gasteiger partial charge in [0.05, 0.1) is 13.2 Å². The quantitative estimate of drug-likeness (QED) is 0.623. The smallest absolute Gasteiger partial charge is 0.219 e. The minimum Gasteiger partial charge on any atom is -0.402 e. The van der Waals surface area contributed by atoms with E-state index in [4.69, 9.17) is 4.43 Å². The van der Waals surface area contributed by atoms with Crippen LogP contribution in [0.25, 0.3) is 0 Å². The van der Waals surface area contributed by atoms with E-state index in [9.17, 15) is 0 Å². The highest BCUT2D eigenvalue weighted by molar-refractivity contribution is 6.84. The third-order valence-electron chi connectivity index (χ3n) is 3.85. The standard InChI is InChI=1S/C17H25NOSi/c1-20(2,17-11-5-3-6-12-17)19-16-10-9-15-18-13-7-4-8-14-18/h3,5-6,11-12H,4,7-8,13-16H2,1-2H3. The van der Waals surface area contributed by atoms with E-state index < -0.39 is 8.32 Å². The second-order valence-electron chi connectivity index (χ2n) is 5.86. The highest BCUT2D eigenvalue weighted by Gasteiger charge is 2.24. The number of benzene rings is 1. The van der Waals surface area contributed by atoms with Gasteiger partial charge in [0.1, 0.15) is 0 Å². The van der Waals surface area contributed by atoms with E-state index >= 15 is 0 Å². The lowest BCUT2D eigenvalue weighted by molar-refractivity contribution is 0.255. The van der Waals surface area contributed by atoms with E-state index in [1.54, 1.807) is 0 Å². The summed E-state index contributed by atoms with van der Waals surface area (Å²) in [6, 6.07) is 10.5. The summed E-state index contributed by atoms with van der Waals surface area (Å²) in [5.41, 5.74) is 0. The predicted molar refractivity (Wildman–Crippen MR) is 87.6 cm³/mol. The van der Waals surface area contributed by atoms with Crippen molar-refractivity contribution in [3.63, 3.8) is 0 Å². The SMILES string of the molecule is C[Si](C)(OCC#CCN1CCCCC1)c1ccccc1. The number of piperidine rings is 1. The topological polar surface area (TPSA) is 12.5 Å². The van der Waals surface area contributed by atoms with Crippen molar-refractivity contribution in [2.24, 2.45) is 0 Å². The van der Waals surface area contributed by atoms with Crippen molar-refractivity contribution >= 4 is 13.5 Å². The normalized spacial score (nSPS) is 16.5. The number of hydrogen-bond donors (Lipinski definition) is 0. The third kappa shape index (κ3) is 4.79. The molecule has 1 aliphatic rings. The molecule has 1 aromatic carbocycles. The summed E-state index contributed by atoms with van der Waals surface area (Å²) in [7, 11) is -1.79. The second kappa shape index (κ2) is 7.63. The van der Waals surface area contributed by atoms with Gasteiger partial charge in [-0.05, 0) is 44.2 Å². The Morgan fingerprint density at radius 3 is 2.45 bits per heavy atom. The van der Waals surface area contributed by atoms with Gasteiger partial charge in [0, 0.05) is 0 Å². The van der Waals surface area contributed by atoms with E-state index in [1.807, 2.05) is 6.07 Å². The van der Waals surface area contributed by atoms with Crippen LogP contribution in [0.5, 0.6) is 0 Å². The van der Waals surface area contributed by atoms with Crippen molar-refractivity contribution in [2.45, 2.75) is 32.4 Å². The molecule has 1 saturated heterocycles. The van der Waals surface area contributed by atoms with E-state index in [0.29, 0.717) is 6.61 Å². The summed E-state index contributed by atoms with van der Waals surface area (Å²) in [6.45, 7) is 8.33. The van der Waals surface area contributed by atoms with Gasteiger partial charge in [0.25, 0.3) is 0 Å². The molecule has 2 rings (SSSR count). The molecular weight excluding hydrogens is 262 g/mol. The van der Waals surface area contributed by atoms with Crippen molar-refractivity contribution in [3.8, 4) is 11.8 Å². The molecule has 0 bridgehead atoms. The first kappa shape index (κ1) is 15.3. The van der Waals surface area contributed by atoms with Crippen molar-refractivity contribution in [3.05, 3.63) is 30.3 Å². The van der Waals surface area contributed by atoms with Crippen LogP contribution in [0.1, 0.15) is 19.3 Å². The Morgan fingerprint density at radius 2 is 1.75 bits per heavy atom. The molecule has 0 radical (unpaired) electrons. The fourth-order valence-corrected chi connectivity index (χ4v) is 4.07. The molecular formula is C17H25NOSi. The second-order valence-corrected chi connectivity index (χ2v) is 9.74. The summed E-state index contributed by atoms with van der Waals surface area (Å²) in [5, 5.41) is 1.33. The Morgan fingerprint density at radius 1 is 1.05 bits per heavy atom. The maximum absolute atomic E-state index is 6.05. The first-order valence-corrected chi connectivity index (χ1v) is 10.5. The molecule has 108 valence electrons. The van der Waals surface area contributed by atoms with E-state index in [1.165, 1.54) is 37.5 Å². The summed E-state index contributed by atoms with van der Waals surface area (Å²) in [5.74, 6) is 6.43. The van der Waals surface area contributed by atoms with Crippen LogP contribution in [-0.4, -0.2) is 39.5 Å². The third-order valence-corrected chi connectivity index (χ3v) is 6.44. The summed E-state index contributed by atoms with van der Waals surface area (Å²) in [4.78, 5) is 2.44. The molecule has 0 aliphatic carbocycles. The lowest BCUT2D eigenvalue weighted by Crippen LogP contribution is -2.44. The molecule has 0 spiro atoms. The highest BCUT2D eigenvalue weighted by atomic mass is 28.4. The molecule has 2 nitrogen and oxygen atoms in total. The lowest BCUT2D eigenvalue weighted by Gasteiger charge is -2.24. The van der Waals surface area contributed by atoms with Gasteiger partial charge < -0.3 is 4.43 Å². The molecule has 20 heavy (non-hydrogen) atoms. The minimum absolute atomic E-state index is 0.557. The molecule has 1 heterocycles.